The highest BCUT2D eigenvalue weighted by molar-refractivity contribution is 5.11. The summed E-state index contributed by atoms with van der Waals surface area (Å²) in [7, 11) is 2.06. The molecule has 0 amide bonds. The summed E-state index contributed by atoms with van der Waals surface area (Å²) in [6.07, 6.45) is 4.77. The molecule has 2 atom stereocenters. The minimum Gasteiger partial charge on any atom is -0.314 e. The van der Waals surface area contributed by atoms with Gasteiger partial charge in [0.1, 0.15) is 0 Å². The molecule has 2 rings (SSSR count). The number of nitrogens with zero attached hydrogens (tertiary/aromatic N) is 2. The number of piperidine rings is 1. The Balaban J connectivity index is 1.99. The van der Waals surface area contributed by atoms with Crippen molar-refractivity contribution >= 4 is 0 Å². The summed E-state index contributed by atoms with van der Waals surface area (Å²) in [6.45, 7) is 5.69. The maximum Gasteiger partial charge on any atom is 0.0624 e. The highest BCUT2D eigenvalue weighted by Gasteiger charge is 2.19. The third-order valence-corrected chi connectivity index (χ3v) is 3.60. The minimum atomic E-state index is 0.642. The lowest BCUT2D eigenvalue weighted by atomic mass is 9.92. The lowest BCUT2D eigenvalue weighted by Crippen LogP contribution is -2.39. The normalized spacial score (nSPS) is 25.9. The van der Waals surface area contributed by atoms with Crippen molar-refractivity contribution in [2.75, 3.05) is 6.54 Å². The predicted octanol–water partition coefficient (Wildman–Crippen LogP) is 1.91. The Morgan fingerprint density at radius 2 is 2.38 bits per heavy atom. The van der Waals surface area contributed by atoms with Gasteiger partial charge in [0, 0.05) is 25.2 Å². The van der Waals surface area contributed by atoms with Gasteiger partial charge in [-0.1, -0.05) is 13.8 Å². The molecule has 0 spiro atoms. The predicted molar refractivity (Wildman–Crippen MR) is 66.5 cm³/mol. The van der Waals surface area contributed by atoms with Crippen molar-refractivity contribution in [1.29, 1.82) is 0 Å². The van der Waals surface area contributed by atoms with E-state index in [0.717, 1.165) is 18.8 Å². The maximum atomic E-state index is 4.50. The molecule has 1 aromatic rings. The zero-order valence-electron chi connectivity index (χ0n) is 10.7. The molecule has 16 heavy (non-hydrogen) atoms. The lowest BCUT2D eigenvalue weighted by Gasteiger charge is -2.28. The van der Waals surface area contributed by atoms with E-state index in [-0.39, 0.29) is 0 Å². The largest absolute Gasteiger partial charge is 0.314 e. The summed E-state index contributed by atoms with van der Waals surface area (Å²) in [5, 5.41) is 8.11. The van der Waals surface area contributed by atoms with Crippen LogP contribution in [0.25, 0.3) is 0 Å². The third-order valence-electron chi connectivity index (χ3n) is 3.60. The Hall–Kier alpha value is -0.830. The molecule has 0 aliphatic carbocycles. The molecule has 3 nitrogen and oxygen atoms in total. The van der Waals surface area contributed by atoms with E-state index >= 15 is 0 Å². The fourth-order valence-corrected chi connectivity index (χ4v) is 2.56. The Kier molecular flexibility index (Phi) is 3.64. The van der Waals surface area contributed by atoms with Crippen LogP contribution in [0.2, 0.25) is 0 Å². The first-order valence-corrected chi connectivity index (χ1v) is 6.44. The molecule has 0 aromatic carbocycles. The van der Waals surface area contributed by atoms with Gasteiger partial charge in [-0.3, -0.25) is 4.68 Å². The SMILES string of the molecule is CCc1cc(CC2CC(C)CCN2)n(C)n1. The van der Waals surface area contributed by atoms with E-state index in [0.29, 0.717) is 6.04 Å². The van der Waals surface area contributed by atoms with Crippen LogP contribution in [0, 0.1) is 5.92 Å². The molecule has 3 heteroatoms. The summed E-state index contributed by atoms with van der Waals surface area (Å²) in [5.74, 6) is 0.866. The smallest absolute Gasteiger partial charge is 0.0624 e. The summed E-state index contributed by atoms with van der Waals surface area (Å²) in [4.78, 5) is 0. The van der Waals surface area contributed by atoms with Crippen LogP contribution in [0.1, 0.15) is 38.1 Å². The topological polar surface area (TPSA) is 29.9 Å². The molecular weight excluding hydrogens is 198 g/mol. The molecule has 1 fully saturated rings. The molecule has 2 unspecified atom stereocenters. The van der Waals surface area contributed by atoms with Crippen molar-refractivity contribution in [3.8, 4) is 0 Å². The fraction of sp³-hybridized carbons (Fsp3) is 0.769. The van der Waals surface area contributed by atoms with Crippen LogP contribution in [-0.2, 0) is 19.9 Å². The first-order chi connectivity index (χ1) is 7.69. The van der Waals surface area contributed by atoms with Crippen molar-refractivity contribution in [3.05, 3.63) is 17.5 Å². The van der Waals surface area contributed by atoms with E-state index in [1.165, 1.54) is 30.8 Å². The zero-order chi connectivity index (χ0) is 11.5. The lowest BCUT2D eigenvalue weighted by molar-refractivity contribution is 0.315. The van der Waals surface area contributed by atoms with Crippen LogP contribution in [0.3, 0.4) is 0 Å². The van der Waals surface area contributed by atoms with Gasteiger partial charge in [0.15, 0.2) is 0 Å². The summed E-state index contributed by atoms with van der Waals surface area (Å²) < 4.78 is 2.04. The van der Waals surface area contributed by atoms with Crippen molar-refractivity contribution in [3.63, 3.8) is 0 Å². The number of hydrogen-bond acceptors (Lipinski definition) is 2. The first-order valence-electron chi connectivity index (χ1n) is 6.44. The Morgan fingerprint density at radius 3 is 3.00 bits per heavy atom. The van der Waals surface area contributed by atoms with Crippen LogP contribution in [0.15, 0.2) is 6.07 Å². The molecule has 1 N–H and O–H groups in total. The second-order valence-electron chi connectivity index (χ2n) is 5.09. The summed E-state index contributed by atoms with van der Waals surface area (Å²) in [5.41, 5.74) is 2.57. The molecule has 1 aliphatic rings. The van der Waals surface area contributed by atoms with E-state index in [9.17, 15) is 0 Å². The van der Waals surface area contributed by atoms with Crippen molar-refractivity contribution in [1.82, 2.24) is 15.1 Å². The van der Waals surface area contributed by atoms with Gasteiger partial charge in [0.25, 0.3) is 0 Å². The molecule has 0 saturated carbocycles. The molecule has 0 bridgehead atoms. The van der Waals surface area contributed by atoms with E-state index in [4.69, 9.17) is 0 Å². The van der Waals surface area contributed by atoms with Crippen molar-refractivity contribution in [2.45, 2.75) is 45.6 Å². The summed E-state index contributed by atoms with van der Waals surface area (Å²) >= 11 is 0. The molecule has 2 heterocycles. The second-order valence-corrected chi connectivity index (χ2v) is 5.09. The highest BCUT2D eigenvalue weighted by atomic mass is 15.3. The Bertz CT molecular complexity index is 343. The number of aromatic nitrogens is 2. The molecule has 0 radical (unpaired) electrons. The van der Waals surface area contributed by atoms with Crippen molar-refractivity contribution in [2.24, 2.45) is 13.0 Å². The van der Waals surface area contributed by atoms with Gasteiger partial charge in [-0.15, -0.1) is 0 Å². The molecule has 1 aromatic heterocycles. The van der Waals surface area contributed by atoms with Gasteiger partial charge in [-0.25, -0.2) is 0 Å². The van der Waals surface area contributed by atoms with E-state index in [1.54, 1.807) is 0 Å². The quantitative estimate of drug-likeness (QED) is 0.845. The van der Waals surface area contributed by atoms with Crippen LogP contribution >= 0.6 is 0 Å². The average molecular weight is 221 g/mol. The van der Waals surface area contributed by atoms with Gasteiger partial charge in [-0.05, 0) is 37.8 Å². The number of hydrogen-bond donors (Lipinski definition) is 1. The maximum absolute atomic E-state index is 4.50. The monoisotopic (exact) mass is 221 g/mol. The molecule has 1 saturated heterocycles. The van der Waals surface area contributed by atoms with Crippen LogP contribution in [0.4, 0.5) is 0 Å². The van der Waals surface area contributed by atoms with Crippen LogP contribution in [-0.4, -0.2) is 22.4 Å². The number of aryl methyl sites for hydroxylation is 2. The number of rotatable bonds is 3. The van der Waals surface area contributed by atoms with Crippen molar-refractivity contribution < 1.29 is 0 Å². The highest BCUT2D eigenvalue weighted by Crippen LogP contribution is 2.18. The van der Waals surface area contributed by atoms with E-state index in [2.05, 4.69) is 37.4 Å². The fourth-order valence-electron chi connectivity index (χ4n) is 2.56. The van der Waals surface area contributed by atoms with Crippen LogP contribution < -0.4 is 5.32 Å². The van der Waals surface area contributed by atoms with Gasteiger partial charge >= 0.3 is 0 Å². The Morgan fingerprint density at radius 1 is 1.56 bits per heavy atom. The molecular formula is C13H23N3. The van der Waals surface area contributed by atoms with E-state index in [1.807, 2.05) is 4.68 Å². The standard InChI is InChI=1S/C13H23N3/c1-4-11-8-13(16(3)15-11)9-12-7-10(2)5-6-14-12/h8,10,12,14H,4-7,9H2,1-3H3. The average Bonchev–Trinajstić information content (AvgIpc) is 2.60. The van der Waals surface area contributed by atoms with Gasteiger partial charge in [0.05, 0.1) is 5.69 Å². The zero-order valence-corrected chi connectivity index (χ0v) is 10.7. The van der Waals surface area contributed by atoms with Gasteiger partial charge < -0.3 is 5.32 Å². The Labute approximate surface area is 98.2 Å². The first kappa shape index (κ1) is 11.6. The molecule has 1 aliphatic heterocycles. The van der Waals surface area contributed by atoms with Gasteiger partial charge in [-0.2, -0.15) is 5.10 Å². The molecule has 90 valence electrons. The van der Waals surface area contributed by atoms with Crippen LogP contribution in [0.5, 0.6) is 0 Å². The third kappa shape index (κ3) is 2.64. The second kappa shape index (κ2) is 5.00. The number of nitrogens with one attached hydrogen (secondary N) is 1. The minimum absolute atomic E-state index is 0.642. The summed E-state index contributed by atoms with van der Waals surface area (Å²) in [6, 6.07) is 2.89. The van der Waals surface area contributed by atoms with Gasteiger partial charge in [0.2, 0.25) is 0 Å². The van der Waals surface area contributed by atoms with E-state index < -0.39 is 0 Å².